The zero-order valence-electron chi connectivity index (χ0n) is 20.7. The number of carbonyl (C=O) groups excluding carboxylic acids is 2. The smallest absolute Gasteiger partial charge is 0.460 e. The zero-order chi connectivity index (χ0) is 33.8. The van der Waals surface area contributed by atoms with Crippen molar-refractivity contribution < 1.29 is 98.1 Å². The monoisotopic (exact) mass is 666 g/mol. The number of halogens is 18. The van der Waals surface area contributed by atoms with E-state index in [0.717, 1.165) is 0 Å². The summed E-state index contributed by atoms with van der Waals surface area (Å²) in [5.74, 6) is -44.4. The van der Waals surface area contributed by atoms with E-state index in [9.17, 15) is 88.6 Å². The Bertz CT molecular complexity index is 910. The van der Waals surface area contributed by atoms with Crippen molar-refractivity contribution in [2.75, 3.05) is 13.2 Å². The second kappa shape index (κ2) is 13.1. The molecule has 0 aliphatic carbocycles. The number of rotatable bonds is 16. The highest BCUT2D eigenvalue weighted by Crippen LogP contribution is 2.55. The predicted octanol–water partition coefficient (Wildman–Crippen LogP) is 7.99. The summed E-state index contributed by atoms with van der Waals surface area (Å²) in [5.41, 5.74) is 0. The van der Waals surface area contributed by atoms with Crippen LogP contribution < -0.4 is 0 Å². The Morgan fingerprint density at radius 2 is 0.881 bits per heavy atom. The van der Waals surface area contributed by atoms with Gasteiger partial charge >= 0.3 is 59.8 Å². The lowest BCUT2D eigenvalue weighted by molar-refractivity contribution is -0.396. The zero-order valence-corrected chi connectivity index (χ0v) is 20.7. The second-order valence-electron chi connectivity index (χ2n) is 8.61. The third kappa shape index (κ3) is 8.40. The molecule has 0 saturated heterocycles. The number of hydrogen-bond acceptors (Lipinski definition) is 4. The van der Waals surface area contributed by atoms with Crippen LogP contribution in [0.25, 0.3) is 0 Å². The van der Waals surface area contributed by atoms with E-state index >= 15 is 0 Å². The lowest BCUT2D eigenvalue weighted by Crippen LogP contribution is -2.60. The molecule has 0 aromatic rings. The largest absolute Gasteiger partial charge is 0.466 e. The maximum Gasteiger partial charge on any atom is 0.460 e. The van der Waals surface area contributed by atoms with Gasteiger partial charge < -0.3 is 9.47 Å². The van der Waals surface area contributed by atoms with E-state index in [0.29, 0.717) is 0 Å². The van der Waals surface area contributed by atoms with Gasteiger partial charge in [-0.3, -0.25) is 9.59 Å². The van der Waals surface area contributed by atoms with Crippen molar-refractivity contribution in [2.45, 2.75) is 93.3 Å². The molecule has 0 aliphatic rings. The van der Waals surface area contributed by atoms with Crippen molar-refractivity contribution in [2.24, 2.45) is 5.92 Å². The van der Waals surface area contributed by atoms with Crippen molar-refractivity contribution in [3.05, 3.63) is 0 Å². The third-order valence-electron chi connectivity index (χ3n) is 5.44. The Kier molecular flexibility index (Phi) is 12.4. The molecule has 1 atom stereocenters. The molecule has 0 aromatic carbocycles. The number of ether oxygens (including phenoxy) is 2. The summed E-state index contributed by atoms with van der Waals surface area (Å²) in [5, 5.41) is 0. The Hall–Kier alpha value is -2.32. The van der Waals surface area contributed by atoms with E-state index in [-0.39, 0.29) is 6.42 Å². The fraction of sp³-hybridized carbons (Fsp3) is 0.900. The van der Waals surface area contributed by atoms with Gasteiger partial charge in [-0.25, -0.2) is 0 Å². The van der Waals surface area contributed by atoms with Gasteiger partial charge in [0, 0.05) is 12.8 Å². The van der Waals surface area contributed by atoms with Gasteiger partial charge in [-0.2, -0.15) is 79.0 Å². The molecule has 0 heterocycles. The molecular weight excluding hydrogens is 646 g/mol. The van der Waals surface area contributed by atoms with E-state index < -0.39 is 111 Å². The van der Waals surface area contributed by atoms with Gasteiger partial charge in [0.1, 0.15) is 0 Å². The van der Waals surface area contributed by atoms with E-state index in [1.54, 1.807) is 0 Å². The van der Waals surface area contributed by atoms with Gasteiger partial charge in [-0.05, 0) is 19.3 Å². The van der Waals surface area contributed by atoms with Crippen molar-refractivity contribution >= 4 is 11.9 Å². The topological polar surface area (TPSA) is 52.6 Å². The van der Waals surface area contributed by atoms with Gasteiger partial charge in [0.25, 0.3) is 0 Å². The van der Waals surface area contributed by atoms with E-state index in [1.807, 2.05) is 0 Å². The number of esters is 2. The average molecular weight is 666 g/mol. The minimum absolute atomic E-state index is 0.337. The van der Waals surface area contributed by atoms with E-state index in [1.165, 1.54) is 6.92 Å². The summed E-state index contributed by atoms with van der Waals surface area (Å²) >= 11 is 0. The summed E-state index contributed by atoms with van der Waals surface area (Å²) in [6.07, 6.45) is -22.8. The molecule has 0 bridgehead atoms. The molecule has 0 saturated carbocycles. The summed E-state index contributed by atoms with van der Waals surface area (Å²) in [6.45, 7) is -1.32. The normalized spacial score (nSPS) is 15.4. The molecule has 0 rings (SSSR count). The van der Waals surface area contributed by atoms with Crippen LogP contribution in [0.15, 0.2) is 0 Å². The average Bonchev–Trinajstić information content (AvgIpc) is 2.80. The first-order valence-corrected chi connectivity index (χ1v) is 11.2. The van der Waals surface area contributed by atoms with Crippen molar-refractivity contribution in [1.29, 1.82) is 0 Å². The molecule has 0 fully saturated rings. The molecule has 0 radical (unpaired) electrons. The van der Waals surface area contributed by atoms with Gasteiger partial charge in [0.05, 0.1) is 25.6 Å². The molecule has 42 heavy (non-hydrogen) atoms. The van der Waals surface area contributed by atoms with E-state index in [2.05, 4.69) is 9.47 Å². The Morgan fingerprint density at radius 3 is 1.19 bits per heavy atom. The molecule has 0 N–H and O–H groups in total. The van der Waals surface area contributed by atoms with Crippen molar-refractivity contribution in [1.82, 2.24) is 0 Å². The van der Waals surface area contributed by atoms with Crippen LogP contribution in [0.1, 0.15) is 45.4 Å². The molecule has 4 nitrogen and oxygen atoms in total. The summed E-state index contributed by atoms with van der Waals surface area (Å²) < 4.78 is 239. The molecule has 0 aromatic heterocycles. The Morgan fingerprint density at radius 1 is 0.548 bits per heavy atom. The summed E-state index contributed by atoms with van der Waals surface area (Å²) in [6, 6.07) is 0. The van der Waals surface area contributed by atoms with Gasteiger partial charge in [-0.15, -0.1) is 0 Å². The summed E-state index contributed by atoms with van der Waals surface area (Å²) in [4.78, 5) is 23.6. The third-order valence-corrected chi connectivity index (χ3v) is 5.44. The Balaban J connectivity index is 4.87. The minimum atomic E-state index is -7.13. The molecule has 250 valence electrons. The molecular formula is C20H20F18O4. The molecule has 0 aliphatic heterocycles. The van der Waals surface area contributed by atoms with Crippen LogP contribution in [-0.2, 0) is 19.1 Å². The van der Waals surface area contributed by atoms with Crippen LogP contribution in [0, 0.1) is 5.92 Å². The van der Waals surface area contributed by atoms with Crippen LogP contribution in [0.2, 0.25) is 0 Å². The molecule has 0 spiro atoms. The standard InChI is InChI=1S/C20H20F18O4/c1-2-10(12(40)42-8-4-6-14(23,24)16(27,28)18(31,32)20(36,37)38)9-11(39)41-7-3-5-13(21,22)15(25,26)17(29,30)19(33,34)35/h10H,2-9H2,1H3. The second-order valence-corrected chi connectivity index (χ2v) is 8.61. The maximum absolute atomic E-state index is 13.4. The number of hydrogen-bond donors (Lipinski definition) is 0. The van der Waals surface area contributed by atoms with Gasteiger partial charge in [0.15, 0.2) is 0 Å². The fourth-order valence-electron chi connectivity index (χ4n) is 2.85. The first-order chi connectivity index (χ1) is 18.4. The number of carbonyl (C=O) groups is 2. The van der Waals surface area contributed by atoms with Crippen LogP contribution in [0.4, 0.5) is 79.0 Å². The maximum atomic E-state index is 13.4. The van der Waals surface area contributed by atoms with Crippen LogP contribution in [-0.4, -0.2) is 73.0 Å². The highest BCUT2D eigenvalue weighted by molar-refractivity contribution is 5.79. The van der Waals surface area contributed by atoms with Crippen molar-refractivity contribution in [3.8, 4) is 0 Å². The minimum Gasteiger partial charge on any atom is -0.466 e. The van der Waals surface area contributed by atoms with Gasteiger partial charge in [-0.1, -0.05) is 6.92 Å². The first-order valence-electron chi connectivity index (χ1n) is 11.2. The first kappa shape index (κ1) is 39.7. The quantitative estimate of drug-likeness (QED) is 0.0953. The van der Waals surface area contributed by atoms with Crippen LogP contribution in [0.5, 0.6) is 0 Å². The molecule has 0 amide bonds. The fourth-order valence-corrected chi connectivity index (χ4v) is 2.85. The lowest BCUT2D eigenvalue weighted by atomic mass is 9.99. The highest BCUT2D eigenvalue weighted by Gasteiger charge is 2.82. The van der Waals surface area contributed by atoms with Gasteiger partial charge in [0.2, 0.25) is 0 Å². The SMILES string of the molecule is CCC(CC(=O)OCCCC(F)(F)C(F)(F)C(F)(F)C(F)(F)F)C(=O)OCCCC(F)(F)C(F)(F)C(F)(F)C(F)(F)F. The predicted molar refractivity (Wildman–Crippen MR) is 101 cm³/mol. The van der Waals surface area contributed by atoms with E-state index in [4.69, 9.17) is 0 Å². The number of alkyl halides is 18. The van der Waals surface area contributed by atoms with Crippen LogP contribution in [0.3, 0.4) is 0 Å². The highest BCUT2D eigenvalue weighted by atomic mass is 19.4. The molecule has 22 heteroatoms. The Labute approximate surface area is 223 Å². The van der Waals surface area contributed by atoms with Crippen LogP contribution >= 0.6 is 0 Å². The lowest BCUT2D eigenvalue weighted by Gasteiger charge is -2.33. The molecule has 1 unspecified atom stereocenters. The van der Waals surface area contributed by atoms with Crippen molar-refractivity contribution in [3.63, 3.8) is 0 Å². The summed E-state index contributed by atoms with van der Waals surface area (Å²) in [7, 11) is 0.